The molecule has 1 saturated carbocycles. The molecule has 0 spiro atoms. The lowest BCUT2D eigenvalue weighted by molar-refractivity contribution is -0.122. The third-order valence-electron chi connectivity index (χ3n) is 4.24. The Balaban J connectivity index is 1.38. The number of hydrogen-bond donors (Lipinski definition) is 1. The summed E-state index contributed by atoms with van der Waals surface area (Å²) in [6, 6.07) is 11.6. The van der Waals surface area contributed by atoms with Crippen molar-refractivity contribution < 1.29 is 14.1 Å². The van der Waals surface area contributed by atoms with Crippen molar-refractivity contribution in [1.82, 2.24) is 15.5 Å². The van der Waals surface area contributed by atoms with Crippen molar-refractivity contribution in [1.29, 1.82) is 0 Å². The molecular weight excluding hydrogens is 362 g/mol. The van der Waals surface area contributed by atoms with Crippen LogP contribution in [0.3, 0.4) is 0 Å². The molecule has 0 unspecified atom stereocenters. The van der Waals surface area contributed by atoms with Crippen molar-refractivity contribution in [2.45, 2.75) is 19.4 Å². The summed E-state index contributed by atoms with van der Waals surface area (Å²) < 4.78 is 10.4. The minimum atomic E-state index is 0.149. The molecule has 4 rings (SSSR count). The Morgan fingerprint density at radius 3 is 2.81 bits per heavy atom. The van der Waals surface area contributed by atoms with E-state index in [1.165, 1.54) is 0 Å². The molecule has 0 radical (unpaired) electrons. The number of ether oxygens (including phenoxy) is 1. The van der Waals surface area contributed by atoms with E-state index in [2.05, 4.69) is 15.5 Å². The molecule has 6 nitrogen and oxygen atoms in total. The summed E-state index contributed by atoms with van der Waals surface area (Å²) >= 11 is 1.55. The average molecular weight is 381 g/mol. The SMILES string of the molecule is COc1ccc(/C=C/c2nc(-c3ccc(CNC(=O)C4CC4)s3)no2)cc1. The van der Waals surface area contributed by atoms with Gasteiger partial charge in [0.05, 0.1) is 18.5 Å². The largest absolute Gasteiger partial charge is 0.497 e. The van der Waals surface area contributed by atoms with Gasteiger partial charge in [-0.1, -0.05) is 17.3 Å². The zero-order chi connectivity index (χ0) is 18.6. The van der Waals surface area contributed by atoms with Crippen LogP contribution in [-0.2, 0) is 11.3 Å². The lowest BCUT2D eigenvalue weighted by Crippen LogP contribution is -2.23. The van der Waals surface area contributed by atoms with E-state index in [0.29, 0.717) is 18.3 Å². The van der Waals surface area contributed by atoms with Gasteiger partial charge in [-0.15, -0.1) is 11.3 Å². The summed E-state index contributed by atoms with van der Waals surface area (Å²) in [5, 5.41) is 7.00. The summed E-state index contributed by atoms with van der Waals surface area (Å²) in [5.41, 5.74) is 1.01. The van der Waals surface area contributed by atoms with Crippen LogP contribution in [-0.4, -0.2) is 23.2 Å². The maximum Gasteiger partial charge on any atom is 0.250 e. The Morgan fingerprint density at radius 2 is 2.07 bits per heavy atom. The molecule has 2 heterocycles. The Morgan fingerprint density at radius 1 is 1.26 bits per heavy atom. The summed E-state index contributed by atoms with van der Waals surface area (Å²) in [7, 11) is 1.64. The fraction of sp³-hybridized carbons (Fsp3) is 0.250. The first-order valence-corrected chi connectivity index (χ1v) is 9.55. The van der Waals surface area contributed by atoms with Gasteiger partial charge in [-0.3, -0.25) is 4.79 Å². The van der Waals surface area contributed by atoms with Crippen LogP contribution in [0.2, 0.25) is 0 Å². The van der Waals surface area contributed by atoms with Gasteiger partial charge in [0.25, 0.3) is 5.89 Å². The zero-order valence-corrected chi connectivity index (χ0v) is 15.7. The fourth-order valence-corrected chi connectivity index (χ4v) is 3.42. The molecular formula is C20H19N3O3S. The molecule has 1 fully saturated rings. The predicted octanol–water partition coefficient (Wildman–Crippen LogP) is 4.00. The predicted molar refractivity (Wildman–Crippen MR) is 104 cm³/mol. The molecule has 1 N–H and O–H groups in total. The summed E-state index contributed by atoms with van der Waals surface area (Å²) in [6.07, 6.45) is 5.71. The number of methoxy groups -OCH3 is 1. The Kier molecular flexibility index (Phi) is 5.02. The van der Waals surface area contributed by atoms with E-state index < -0.39 is 0 Å². The number of carbonyl (C=O) groups is 1. The highest BCUT2D eigenvalue weighted by Crippen LogP contribution is 2.30. The second kappa shape index (κ2) is 7.75. The Bertz CT molecular complexity index is 955. The number of rotatable bonds is 7. The summed E-state index contributed by atoms with van der Waals surface area (Å²) in [5.74, 6) is 2.18. The van der Waals surface area contributed by atoms with Crippen LogP contribution in [0, 0.1) is 5.92 Å². The van der Waals surface area contributed by atoms with Crippen molar-refractivity contribution in [2.75, 3.05) is 7.11 Å². The Hall–Kier alpha value is -2.93. The van der Waals surface area contributed by atoms with Crippen LogP contribution in [0.4, 0.5) is 0 Å². The van der Waals surface area contributed by atoms with Gasteiger partial charge < -0.3 is 14.6 Å². The van der Waals surface area contributed by atoms with Crippen molar-refractivity contribution in [3.63, 3.8) is 0 Å². The van der Waals surface area contributed by atoms with Crippen LogP contribution in [0.25, 0.3) is 22.9 Å². The van der Waals surface area contributed by atoms with Crippen molar-refractivity contribution in [3.8, 4) is 16.5 Å². The Labute approximate surface area is 160 Å². The standard InChI is InChI=1S/C20H19N3O3S/c1-25-15-7-2-13(3-8-15)4-11-18-22-19(23-26-18)17-10-9-16(27-17)12-21-20(24)14-5-6-14/h2-4,7-11,14H,5-6,12H2,1H3,(H,21,24)/b11-4+. The molecule has 2 aromatic heterocycles. The smallest absolute Gasteiger partial charge is 0.250 e. The van der Waals surface area contributed by atoms with E-state index >= 15 is 0 Å². The van der Waals surface area contributed by atoms with Crippen molar-refractivity contribution >= 4 is 29.4 Å². The highest BCUT2D eigenvalue weighted by molar-refractivity contribution is 7.15. The molecule has 3 aromatic rings. The molecule has 0 atom stereocenters. The molecule has 0 aliphatic heterocycles. The van der Waals surface area contributed by atoms with Gasteiger partial charge in [-0.05, 0) is 48.7 Å². The normalized spacial score (nSPS) is 13.8. The number of aromatic nitrogens is 2. The van der Waals surface area contributed by atoms with Crippen LogP contribution in [0.5, 0.6) is 5.75 Å². The molecule has 1 amide bonds. The van der Waals surface area contributed by atoms with Gasteiger partial charge in [-0.2, -0.15) is 4.98 Å². The van der Waals surface area contributed by atoms with Gasteiger partial charge in [0, 0.05) is 16.9 Å². The maximum absolute atomic E-state index is 11.7. The number of hydrogen-bond acceptors (Lipinski definition) is 6. The molecule has 27 heavy (non-hydrogen) atoms. The van der Waals surface area contributed by atoms with Crippen molar-refractivity contribution in [3.05, 3.63) is 52.7 Å². The molecule has 138 valence electrons. The van der Waals surface area contributed by atoms with Gasteiger partial charge in [0.1, 0.15) is 5.75 Å². The second-order valence-electron chi connectivity index (χ2n) is 6.32. The van der Waals surface area contributed by atoms with E-state index in [1.54, 1.807) is 24.5 Å². The molecule has 0 saturated heterocycles. The lowest BCUT2D eigenvalue weighted by Gasteiger charge is -2.00. The van der Waals surface area contributed by atoms with Gasteiger partial charge in [-0.25, -0.2) is 0 Å². The number of amides is 1. The van der Waals surface area contributed by atoms with E-state index in [1.807, 2.05) is 42.5 Å². The molecule has 0 bridgehead atoms. The first-order chi connectivity index (χ1) is 13.2. The van der Waals surface area contributed by atoms with E-state index in [-0.39, 0.29) is 11.8 Å². The van der Waals surface area contributed by atoms with E-state index in [0.717, 1.165) is 33.9 Å². The highest BCUT2D eigenvalue weighted by Gasteiger charge is 2.29. The molecule has 1 aromatic carbocycles. The molecule has 1 aliphatic carbocycles. The van der Waals surface area contributed by atoms with Crippen LogP contribution in [0.1, 0.15) is 29.2 Å². The zero-order valence-electron chi connectivity index (χ0n) is 14.8. The number of nitrogens with zero attached hydrogens (tertiary/aromatic N) is 2. The van der Waals surface area contributed by atoms with Crippen LogP contribution < -0.4 is 10.1 Å². The van der Waals surface area contributed by atoms with Gasteiger partial charge in [0.2, 0.25) is 11.7 Å². The fourth-order valence-electron chi connectivity index (χ4n) is 2.54. The topological polar surface area (TPSA) is 77.2 Å². The van der Waals surface area contributed by atoms with Crippen LogP contribution in [0.15, 0.2) is 40.9 Å². The summed E-state index contributed by atoms with van der Waals surface area (Å²) in [6.45, 7) is 0.544. The highest BCUT2D eigenvalue weighted by atomic mass is 32.1. The first kappa shape index (κ1) is 17.5. The third kappa shape index (κ3) is 4.43. The number of thiophene rings is 1. The minimum Gasteiger partial charge on any atom is -0.497 e. The van der Waals surface area contributed by atoms with Gasteiger partial charge >= 0.3 is 0 Å². The molecule has 1 aliphatic rings. The maximum atomic E-state index is 11.7. The van der Waals surface area contributed by atoms with Gasteiger partial charge in [0.15, 0.2) is 0 Å². The first-order valence-electron chi connectivity index (χ1n) is 8.74. The number of benzene rings is 1. The van der Waals surface area contributed by atoms with Crippen molar-refractivity contribution in [2.24, 2.45) is 5.92 Å². The number of carbonyl (C=O) groups excluding carboxylic acids is 1. The average Bonchev–Trinajstić information content (AvgIpc) is 3.26. The quantitative estimate of drug-likeness (QED) is 0.669. The van der Waals surface area contributed by atoms with E-state index in [4.69, 9.17) is 9.26 Å². The third-order valence-corrected chi connectivity index (χ3v) is 5.32. The monoisotopic (exact) mass is 381 g/mol. The minimum absolute atomic E-state index is 0.149. The lowest BCUT2D eigenvalue weighted by atomic mass is 10.2. The van der Waals surface area contributed by atoms with Crippen LogP contribution >= 0.6 is 11.3 Å². The summed E-state index contributed by atoms with van der Waals surface area (Å²) in [4.78, 5) is 18.1. The van der Waals surface area contributed by atoms with E-state index in [9.17, 15) is 4.79 Å². The number of nitrogens with one attached hydrogen (secondary N) is 1. The second-order valence-corrected chi connectivity index (χ2v) is 7.49. The molecule has 7 heteroatoms.